The Morgan fingerprint density at radius 1 is 1.21 bits per heavy atom. The third-order valence-electron chi connectivity index (χ3n) is 4.41. The lowest BCUT2D eigenvalue weighted by Gasteiger charge is -2.18. The molecule has 0 radical (unpaired) electrons. The molecule has 8 heteroatoms. The lowest BCUT2D eigenvalue weighted by atomic mass is 10.2. The average molecular weight is 402 g/mol. The van der Waals surface area contributed by atoms with Crippen molar-refractivity contribution in [2.75, 3.05) is 26.4 Å². The van der Waals surface area contributed by atoms with Gasteiger partial charge in [-0.2, -0.15) is 0 Å². The fraction of sp³-hybridized carbons (Fsp3) is 0.300. The summed E-state index contributed by atoms with van der Waals surface area (Å²) in [5.41, 5.74) is 1.62. The van der Waals surface area contributed by atoms with Gasteiger partial charge < -0.3 is 24.1 Å². The quantitative estimate of drug-likeness (QED) is 0.643. The highest BCUT2D eigenvalue weighted by atomic mass is 35.5. The number of imidazole rings is 1. The van der Waals surface area contributed by atoms with Crippen LogP contribution in [0.15, 0.2) is 36.4 Å². The summed E-state index contributed by atoms with van der Waals surface area (Å²) in [6, 6.07) is 10.8. The normalized spacial score (nSPS) is 12.8. The molecule has 3 aromatic rings. The van der Waals surface area contributed by atoms with Gasteiger partial charge in [0.25, 0.3) is 0 Å². The van der Waals surface area contributed by atoms with Crippen LogP contribution in [0.1, 0.15) is 5.82 Å². The SMILES string of the molecule is Cc1nc2cc3c(cc2n1CC(=O)NCCOc1ccc(Cl)cc1)OCCO3. The highest BCUT2D eigenvalue weighted by Gasteiger charge is 2.18. The van der Waals surface area contributed by atoms with Crippen LogP contribution < -0.4 is 19.5 Å². The van der Waals surface area contributed by atoms with Gasteiger partial charge in [-0.3, -0.25) is 4.79 Å². The van der Waals surface area contributed by atoms with Gasteiger partial charge in [0.05, 0.1) is 17.6 Å². The number of aryl methyl sites for hydroxylation is 1. The van der Waals surface area contributed by atoms with E-state index in [0.29, 0.717) is 48.6 Å². The minimum absolute atomic E-state index is 0.114. The molecule has 0 saturated heterocycles. The number of nitrogens with one attached hydrogen (secondary N) is 1. The Morgan fingerprint density at radius 2 is 1.93 bits per heavy atom. The summed E-state index contributed by atoms with van der Waals surface area (Å²) in [4.78, 5) is 16.9. The number of halogens is 1. The van der Waals surface area contributed by atoms with Crippen LogP contribution in [-0.2, 0) is 11.3 Å². The molecule has 4 rings (SSSR count). The lowest BCUT2D eigenvalue weighted by molar-refractivity contribution is -0.121. The maximum atomic E-state index is 12.4. The van der Waals surface area contributed by atoms with E-state index in [9.17, 15) is 4.79 Å². The van der Waals surface area contributed by atoms with Gasteiger partial charge in [-0.1, -0.05) is 11.6 Å². The lowest BCUT2D eigenvalue weighted by Crippen LogP contribution is -2.31. The average Bonchev–Trinajstić information content (AvgIpc) is 2.99. The molecule has 0 unspecified atom stereocenters. The van der Waals surface area contributed by atoms with Crippen LogP contribution in [-0.4, -0.2) is 41.8 Å². The Kier molecular flexibility index (Phi) is 5.25. The van der Waals surface area contributed by atoms with E-state index in [4.69, 9.17) is 25.8 Å². The highest BCUT2D eigenvalue weighted by Crippen LogP contribution is 2.34. The van der Waals surface area contributed by atoms with E-state index in [0.717, 1.165) is 16.9 Å². The Hall–Kier alpha value is -2.93. The molecule has 2 heterocycles. The number of carbonyl (C=O) groups is 1. The molecule has 1 aliphatic rings. The summed E-state index contributed by atoms with van der Waals surface area (Å²) in [5, 5.41) is 3.52. The zero-order chi connectivity index (χ0) is 19.5. The van der Waals surface area contributed by atoms with Crippen molar-refractivity contribution in [2.24, 2.45) is 0 Å². The van der Waals surface area contributed by atoms with Crippen LogP contribution in [0.2, 0.25) is 5.02 Å². The van der Waals surface area contributed by atoms with Crippen molar-refractivity contribution in [3.63, 3.8) is 0 Å². The Balaban J connectivity index is 1.36. The van der Waals surface area contributed by atoms with Crippen LogP contribution in [0.3, 0.4) is 0 Å². The first-order chi connectivity index (χ1) is 13.6. The van der Waals surface area contributed by atoms with Gasteiger partial charge in [-0.25, -0.2) is 4.98 Å². The molecule has 1 N–H and O–H groups in total. The standard InChI is InChI=1S/C20H20ClN3O4/c1-13-23-16-10-18-19(28-9-8-27-18)11-17(16)24(13)12-20(25)22-6-7-26-15-4-2-14(21)3-5-15/h2-5,10-11H,6-9,12H2,1H3,(H,22,25). The van der Waals surface area contributed by atoms with E-state index in [1.807, 2.05) is 23.6 Å². The monoisotopic (exact) mass is 401 g/mol. The number of nitrogens with zero attached hydrogens (tertiary/aromatic N) is 2. The van der Waals surface area contributed by atoms with Crippen LogP contribution in [0.5, 0.6) is 17.2 Å². The van der Waals surface area contributed by atoms with Crippen molar-refractivity contribution in [1.82, 2.24) is 14.9 Å². The number of amides is 1. The first-order valence-corrected chi connectivity index (χ1v) is 9.39. The van der Waals surface area contributed by atoms with E-state index < -0.39 is 0 Å². The fourth-order valence-corrected chi connectivity index (χ4v) is 3.20. The Morgan fingerprint density at radius 3 is 2.68 bits per heavy atom. The molecule has 0 spiro atoms. The molecule has 0 atom stereocenters. The molecule has 0 aliphatic carbocycles. The molecular formula is C20H20ClN3O4. The van der Waals surface area contributed by atoms with Crippen LogP contribution in [0.4, 0.5) is 0 Å². The molecular weight excluding hydrogens is 382 g/mol. The van der Waals surface area contributed by atoms with Crippen molar-refractivity contribution in [3.05, 3.63) is 47.2 Å². The van der Waals surface area contributed by atoms with Crippen LogP contribution in [0, 0.1) is 6.92 Å². The molecule has 1 aromatic heterocycles. The van der Waals surface area contributed by atoms with Gasteiger partial charge in [0, 0.05) is 17.2 Å². The molecule has 146 valence electrons. The van der Waals surface area contributed by atoms with Gasteiger partial charge >= 0.3 is 0 Å². The summed E-state index contributed by atoms with van der Waals surface area (Å²) in [7, 11) is 0. The minimum atomic E-state index is -0.114. The first-order valence-electron chi connectivity index (χ1n) is 9.02. The largest absolute Gasteiger partial charge is 0.492 e. The Labute approximate surface area is 167 Å². The summed E-state index contributed by atoms with van der Waals surface area (Å²) < 4.78 is 18.7. The second kappa shape index (κ2) is 7.98. The summed E-state index contributed by atoms with van der Waals surface area (Å²) in [5.74, 6) is 2.72. The minimum Gasteiger partial charge on any atom is -0.492 e. The third kappa shape index (κ3) is 3.99. The van der Waals surface area contributed by atoms with Crippen molar-refractivity contribution < 1.29 is 19.0 Å². The zero-order valence-corrected chi connectivity index (χ0v) is 16.2. The molecule has 0 bridgehead atoms. The van der Waals surface area contributed by atoms with Gasteiger partial charge in [-0.15, -0.1) is 0 Å². The maximum Gasteiger partial charge on any atom is 0.240 e. The van der Waals surface area contributed by atoms with Crippen molar-refractivity contribution >= 4 is 28.5 Å². The molecule has 7 nitrogen and oxygen atoms in total. The van der Waals surface area contributed by atoms with Crippen LogP contribution in [0.25, 0.3) is 11.0 Å². The number of hydrogen-bond donors (Lipinski definition) is 1. The van der Waals surface area contributed by atoms with E-state index in [-0.39, 0.29) is 12.5 Å². The highest BCUT2D eigenvalue weighted by molar-refractivity contribution is 6.30. The van der Waals surface area contributed by atoms with E-state index >= 15 is 0 Å². The topological polar surface area (TPSA) is 74.6 Å². The number of hydrogen-bond acceptors (Lipinski definition) is 5. The number of rotatable bonds is 6. The zero-order valence-electron chi connectivity index (χ0n) is 15.4. The molecule has 2 aromatic carbocycles. The smallest absolute Gasteiger partial charge is 0.240 e. The third-order valence-corrected chi connectivity index (χ3v) is 4.66. The van der Waals surface area contributed by atoms with E-state index in [2.05, 4.69) is 10.3 Å². The number of benzene rings is 2. The summed E-state index contributed by atoms with van der Waals surface area (Å²) in [6.45, 7) is 3.86. The number of fused-ring (bicyclic) bond motifs is 2. The number of aromatic nitrogens is 2. The fourth-order valence-electron chi connectivity index (χ4n) is 3.07. The summed E-state index contributed by atoms with van der Waals surface area (Å²) in [6.07, 6.45) is 0. The molecule has 0 saturated carbocycles. The maximum absolute atomic E-state index is 12.4. The van der Waals surface area contributed by atoms with Crippen molar-refractivity contribution in [3.8, 4) is 17.2 Å². The van der Waals surface area contributed by atoms with Gasteiger partial charge in [0.2, 0.25) is 5.91 Å². The number of ether oxygens (including phenoxy) is 3. The first kappa shape index (κ1) is 18.4. The van der Waals surface area contributed by atoms with Crippen molar-refractivity contribution in [2.45, 2.75) is 13.5 Å². The van der Waals surface area contributed by atoms with Crippen molar-refractivity contribution in [1.29, 1.82) is 0 Å². The molecule has 1 aliphatic heterocycles. The predicted molar refractivity (Wildman–Crippen MR) is 105 cm³/mol. The predicted octanol–water partition coefficient (Wildman–Crippen LogP) is 2.96. The van der Waals surface area contributed by atoms with Gasteiger partial charge in [0.15, 0.2) is 11.5 Å². The second-order valence-corrected chi connectivity index (χ2v) is 6.82. The second-order valence-electron chi connectivity index (χ2n) is 6.38. The van der Waals surface area contributed by atoms with Gasteiger partial charge in [-0.05, 0) is 31.2 Å². The molecule has 1 amide bonds. The summed E-state index contributed by atoms with van der Waals surface area (Å²) >= 11 is 5.84. The van der Waals surface area contributed by atoms with E-state index in [1.165, 1.54) is 0 Å². The van der Waals surface area contributed by atoms with E-state index in [1.54, 1.807) is 24.3 Å². The van der Waals surface area contributed by atoms with Gasteiger partial charge in [0.1, 0.15) is 37.9 Å². The molecule has 0 fully saturated rings. The van der Waals surface area contributed by atoms with Crippen LogP contribution >= 0.6 is 11.6 Å². The Bertz CT molecular complexity index is 1000. The molecule has 28 heavy (non-hydrogen) atoms. The number of carbonyl (C=O) groups excluding carboxylic acids is 1.